The normalized spacial score (nSPS) is 11.5. The summed E-state index contributed by atoms with van der Waals surface area (Å²) in [5, 5.41) is 0. The molecule has 0 saturated heterocycles. The molecule has 106 valence electrons. The topological polar surface area (TPSA) is 9.23 Å². The first-order valence-electron chi connectivity index (χ1n) is 5.58. The molecule has 0 aliphatic carbocycles. The van der Waals surface area contributed by atoms with E-state index in [1.807, 2.05) is 6.92 Å². The lowest BCUT2D eigenvalue weighted by Gasteiger charge is -2.15. The molecule has 20 heavy (non-hydrogen) atoms. The maximum Gasteiger partial charge on any atom is 0.419 e. The predicted octanol–water partition coefficient (Wildman–Crippen LogP) is 6.33. The van der Waals surface area contributed by atoms with Crippen molar-refractivity contribution in [3.63, 3.8) is 0 Å². The number of hydrogen-bond donors (Lipinski definition) is 0. The molecule has 0 saturated carbocycles. The minimum Gasteiger partial charge on any atom is -0.456 e. The van der Waals surface area contributed by atoms with Crippen molar-refractivity contribution >= 4 is 31.9 Å². The van der Waals surface area contributed by atoms with E-state index in [-0.39, 0.29) is 5.75 Å². The molecule has 2 rings (SSSR count). The summed E-state index contributed by atoms with van der Waals surface area (Å²) in [6.07, 6.45) is -4.47. The van der Waals surface area contributed by atoms with E-state index in [0.29, 0.717) is 14.7 Å². The van der Waals surface area contributed by atoms with E-state index in [1.165, 1.54) is 12.1 Å². The monoisotopic (exact) mass is 408 g/mol. The number of benzene rings is 2. The van der Waals surface area contributed by atoms with E-state index in [0.717, 1.165) is 11.6 Å². The number of rotatable bonds is 2. The first-order valence-corrected chi connectivity index (χ1v) is 7.17. The van der Waals surface area contributed by atoms with E-state index in [2.05, 4.69) is 31.9 Å². The van der Waals surface area contributed by atoms with Crippen LogP contribution in [0.2, 0.25) is 0 Å². The van der Waals surface area contributed by atoms with Crippen LogP contribution in [0.5, 0.6) is 11.5 Å². The van der Waals surface area contributed by atoms with Gasteiger partial charge in [-0.15, -0.1) is 0 Å². The van der Waals surface area contributed by atoms with Gasteiger partial charge in [0, 0.05) is 4.47 Å². The summed E-state index contributed by atoms with van der Waals surface area (Å²) in [5.41, 5.74) is 0.169. The number of alkyl halides is 3. The van der Waals surface area contributed by atoms with Crippen LogP contribution in [0.15, 0.2) is 45.3 Å². The maximum atomic E-state index is 12.9. The van der Waals surface area contributed by atoms with Crippen LogP contribution in [0.3, 0.4) is 0 Å². The van der Waals surface area contributed by atoms with Gasteiger partial charge >= 0.3 is 6.18 Å². The van der Waals surface area contributed by atoms with E-state index in [1.54, 1.807) is 18.2 Å². The van der Waals surface area contributed by atoms with Gasteiger partial charge in [-0.1, -0.05) is 22.0 Å². The van der Waals surface area contributed by atoms with Crippen LogP contribution in [0.4, 0.5) is 13.2 Å². The van der Waals surface area contributed by atoms with Crippen molar-refractivity contribution in [3.8, 4) is 11.5 Å². The summed E-state index contributed by atoms with van der Waals surface area (Å²) < 4.78 is 45.3. The Morgan fingerprint density at radius 3 is 2.25 bits per heavy atom. The Kier molecular flexibility index (Phi) is 4.44. The van der Waals surface area contributed by atoms with Crippen molar-refractivity contribution in [1.29, 1.82) is 0 Å². The molecule has 0 radical (unpaired) electrons. The van der Waals surface area contributed by atoms with Gasteiger partial charge in [0.1, 0.15) is 11.5 Å². The van der Waals surface area contributed by atoms with Crippen LogP contribution in [0.25, 0.3) is 0 Å². The van der Waals surface area contributed by atoms with Gasteiger partial charge in [-0.05, 0) is 58.7 Å². The third kappa shape index (κ3) is 3.55. The fraction of sp³-hybridized carbons (Fsp3) is 0.143. The molecule has 0 fully saturated rings. The van der Waals surface area contributed by atoms with Crippen molar-refractivity contribution in [2.45, 2.75) is 13.1 Å². The molecule has 0 N–H and O–H groups in total. The van der Waals surface area contributed by atoms with Gasteiger partial charge in [0.05, 0.1) is 10.0 Å². The molecule has 0 amide bonds. The van der Waals surface area contributed by atoms with Gasteiger partial charge < -0.3 is 4.74 Å². The smallest absolute Gasteiger partial charge is 0.419 e. The zero-order valence-corrected chi connectivity index (χ0v) is 13.4. The third-order valence-corrected chi connectivity index (χ3v) is 3.67. The highest BCUT2D eigenvalue weighted by Crippen LogP contribution is 2.40. The highest BCUT2D eigenvalue weighted by molar-refractivity contribution is 9.10. The average Bonchev–Trinajstić information content (AvgIpc) is 2.31. The van der Waals surface area contributed by atoms with E-state index < -0.39 is 11.7 Å². The lowest BCUT2D eigenvalue weighted by atomic mass is 10.2. The predicted molar refractivity (Wildman–Crippen MR) is 78.1 cm³/mol. The van der Waals surface area contributed by atoms with Crippen LogP contribution in [0, 0.1) is 6.92 Å². The minimum absolute atomic E-state index is 0.239. The number of aryl methyl sites for hydroxylation is 1. The largest absolute Gasteiger partial charge is 0.456 e. The Bertz CT molecular complexity index is 639. The SMILES string of the molecule is Cc1ccc(Oc2cc(Br)ccc2C(F)(F)F)c(Br)c1. The maximum absolute atomic E-state index is 12.9. The average molecular weight is 410 g/mol. The Hall–Kier alpha value is -1.01. The molecule has 6 heteroatoms. The van der Waals surface area contributed by atoms with Gasteiger partial charge in [-0.3, -0.25) is 0 Å². The van der Waals surface area contributed by atoms with Crippen molar-refractivity contribution < 1.29 is 17.9 Å². The molecule has 0 heterocycles. The summed E-state index contributed by atoms with van der Waals surface area (Å²) in [7, 11) is 0. The fourth-order valence-corrected chi connectivity index (χ4v) is 2.54. The minimum atomic E-state index is -4.47. The van der Waals surface area contributed by atoms with E-state index in [4.69, 9.17) is 4.74 Å². The van der Waals surface area contributed by atoms with Crippen molar-refractivity contribution in [3.05, 3.63) is 56.5 Å². The summed E-state index contributed by atoms with van der Waals surface area (Å²) in [5.74, 6) is 0.0932. The molecule has 2 aromatic rings. The highest BCUT2D eigenvalue weighted by Gasteiger charge is 2.34. The van der Waals surface area contributed by atoms with Crippen molar-refractivity contribution in [2.24, 2.45) is 0 Å². The molecule has 0 aliphatic rings. The zero-order chi connectivity index (χ0) is 14.9. The van der Waals surface area contributed by atoms with E-state index in [9.17, 15) is 13.2 Å². The standard InChI is InChI=1S/C14H9Br2F3O/c1-8-2-5-12(11(16)6-8)20-13-7-9(15)3-4-10(13)14(17,18)19/h2-7H,1H3. The van der Waals surface area contributed by atoms with Crippen LogP contribution in [-0.4, -0.2) is 0 Å². The molecule has 1 nitrogen and oxygen atoms in total. The lowest BCUT2D eigenvalue weighted by molar-refractivity contribution is -0.138. The molecule has 0 unspecified atom stereocenters. The summed E-state index contributed by atoms with van der Waals surface area (Å²) in [6, 6.07) is 8.79. The van der Waals surface area contributed by atoms with Gasteiger partial charge in [-0.2, -0.15) is 13.2 Å². The first kappa shape index (κ1) is 15.4. The summed E-state index contributed by atoms with van der Waals surface area (Å²) in [6.45, 7) is 1.88. The molecule has 0 bridgehead atoms. The van der Waals surface area contributed by atoms with E-state index >= 15 is 0 Å². The van der Waals surface area contributed by atoms with Crippen molar-refractivity contribution in [1.82, 2.24) is 0 Å². The Morgan fingerprint density at radius 1 is 0.950 bits per heavy atom. The van der Waals surface area contributed by atoms with Gasteiger partial charge in [0.2, 0.25) is 0 Å². The molecular weight excluding hydrogens is 401 g/mol. The molecule has 0 aliphatic heterocycles. The van der Waals surface area contributed by atoms with Gasteiger partial charge in [0.25, 0.3) is 0 Å². The molecular formula is C14H9Br2F3O. The quantitative estimate of drug-likeness (QED) is 0.563. The fourth-order valence-electron chi connectivity index (χ4n) is 1.62. The third-order valence-electron chi connectivity index (χ3n) is 2.56. The second-order valence-electron chi connectivity index (χ2n) is 4.17. The van der Waals surface area contributed by atoms with Gasteiger partial charge in [-0.25, -0.2) is 0 Å². The number of halogens is 5. The van der Waals surface area contributed by atoms with Crippen LogP contribution < -0.4 is 4.74 Å². The number of hydrogen-bond acceptors (Lipinski definition) is 1. The highest BCUT2D eigenvalue weighted by atomic mass is 79.9. The van der Waals surface area contributed by atoms with Crippen LogP contribution in [-0.2, 0) is 6.18 Å². The first-order chi connectivity index (χ1) is 9.27. The Morgan fingerprint density at radius 2 is 1.65 bits per heavy atom. The molecule has 0 atom stereocenters. The van der Waals surface area contributed by atoms with Crippen molar-refractivity contribution in [2.75, 3.05) is 0 Å². The molecule has 0 aromatic heterocycles. The second kappa shape index (κ2) is 5.77. The van der Waals surface area contributed by atoms with Crippen LogP contribution >= 0.6 is 31.9 Å². The lowest BCUT2D eigenvalue weighted by Crippen LogP contribution is -2.07. The summed E-state index contributed by atoms with van der Waals surface area (Å²) in [4.78, 5) is 0. The van der Waals surface area contributed by atoms with Gasteiger partial charge in [0.15, 0.2) is 0 Å². The Labute approximate surface area is 131 Å². The number of ether oxygens (including phenoxy) is 1. The molecule has 2 aromatic carbocycles. The Balaban J connectivity index is 2.45. The second-order valence-corrected chi connectivity index (χ2v) is 5.94. The molecule has 0 spiro atoms. The zero-order valence-electron chi connectivity index (χ0n) is 10.3. The van der Waals surface area contributed by atoms with Crippen LogP contribution in [0.1, 0.15) is 11.1 Å². The summed E-state index contributed by atoms with van der Waals surface area (Å²) >= 11 is 6.43.